The van der Waals surface area contributed by atoms with Crippen LogP contribution in [0.4, 0.5) is 11.8 Å². The predicted molar refractivity (Wildman–Crippen MR) is 89.6 cm³/mol. The molecule has 4 N–H and O–H groups in total. The van der Waals surface area contributed by atoms with Crippen molar-refractivity contribution in [2.45, 2.75) is 52.5 Å². The lowest BCUT2D eigenvalue weighted by atomic mass is 9.75. The highest BCUT2D eigenvalue weighted by molar-refractivity contribution is 7.18. The zero-order chi connectivity index (χ0) is 15.0. The highest BCUT2D eigenvalue weighted by Gasteiger charge is 2.28. The van der Waals surface area contributed by atoms with E-state index < -0.39 is 0 Å². The summed E-state index contributed by atoms with van der Waals surface area (Å²) in [5.41, 5.74) is 2.97. The Kier molecular flexibility index (Phi) is 3.75. The summed E-state index contributed by atoms with van der Waals surface area (Å²) in [6, 6.07) is 2.62. The maximum absolute atomic E-state index is 5.49. The molecule has 0 saturated heterocycles. The summed E-state index contributed by atoms with van der Waals surface area (Å²) in [4.78, 5) is 11.2. The summed E-state index contributed by atoms with van der Waals surface area (Å²) in [5.74, 6) is 6.87. The highest BCUT2D eigenvalue weighted by atomic mass is 32.1. The van der Waals surface area contributed by atoms with E-state index in [1.165, 1.54) is 30.6 Å². The minimum atomic E-state index is 0.404. The maximum atomic E-state index is 5.49. The van der Waals surface area contributed by atoms with Gasteiger partial charge in [0.1, 0.15) is 10.6 Å². The normalized spacial score (nSPS) is 21.4. The van der Waals surface area contributed by atoms with Crippen molar-refractivity contribution in [1.29, 1.82) is 0 Å². The molecule has 0 radical (unpaired) electrons. The molecule has 0 aliphatic heterocycles. The van der Waals surface area contributed by atoms with Gasteiger partial charge in [-0.3, -0.25) is 5.43 Å². The van der Waals surface area contributed by atoms with Crippen molar-refractivity contribution in [2.75, 3.05) is 10.7 Å². The summed E-state index contributed by atoms with van der Waals surface area (Å²) in [5, 5.41) is 4.72. The van der Waals surface area contributed by atoms with Crippen LogP contribution < -0.4 is 16.6 Å². The van der Waals surface area contributed by atoms with Crippen LogP contribution in [0.1, 0.15) is 44.4 Å². The summed E-state index contributed by atoms with van der Waals surface area (Å²) >= 11 is 1.67. The number of anilines is 2. The molecule has 1 unspecified atom stereocenters. The lowest BCUT2D eigenvalue weighted by molar-refractivity contribution is 0.229. The summed E-state index contributed by atoms with van der Waals surface area (Å²) in [6.45, 7) is 6.78. The third-order valence-corrected chi connectivity index (χ3v) is 5.14. The Morgan fingerprint density at radius 1 is 1.38 bits per heavy atom. The van der Waals surface area contributed by atoms with E-state index in [0.717, 1.165) is 16.0 Å². The van der Waals surface area contributed by atoms with Gasteiger partial charge in [0.15, 0.2) is 0 Å². The highest BCUT2D eigenvalue weighted by Crippen LogP contribution is 2.37. The first-order valence-electron chi connectivity index (χ1n) is 7.48. The van der Waals surface area contributed by atoms with Crippen LogP contribution in [0.2, 0.25) is 0 Å². The SMILES string of the molecule is Cc1cc2c(NC3CCCC(C)(C)C3)nc(NN)nc2s1. The third kappa shape index (κ3) is 3.11. The first-order chi connectivity index (χ1) is 9.97. The van der Waals surface area contributed by atoms with Gasteiger partial charge in [0.2, 0.25) is 5.95 Å². The van der Waals surface area contributed by atoms with E-state index >= 15 is 0 Å². The van der Waals surface area contributed by atoms with Crippen LogP contribution in [0.25, 0.3) is 10.2 Å². The van der Waals surface area contributed by atoms with Gasteiger partial charge in [-0.25, -0.2) is 10.8 Å². The van der Waals surface area contributed by atoms with Gasteiger partial charge in [-0.15, -0.1) is 11.3 Å². The molecule has 5 nitrogen and oxygen atoms in total. The number of nitrogens with zero attached hydrogens (tertiary/aromatic N) is 2. The molecule has 3 rings (SSSR count). The Labute approximate surface area is 129 Å². The van der Waals surface area contributed by atoms with Gasteiger partial charge in [0.05, 0.1) is 5.39 Å². The van der Waals surface area contributed by atoms with Gasteiger partial charge in [0.25, 0.3) is 0 Å². The number of hydrazine groups is 1. The van der Waals surface area contributed by atoms with Crippen molar-refractivity contribution in [1.82, 2.24) is 9.97 Å². The molecule has 1 fully saturated rings. The maximum Gasteiger partial charge on any atom is 0.240 e. The lowest BCUT2D eigenvalue weighted by Crippen LogP contribution is -2.32. The number of hydrogen-bond acceptors (Lipinski definition) is 6. The Morgan fingerprint density at radius 3 is 2.90 bits per heavy atom. The van der Waals surface area contributed by atoms with E-state index in [2.05, 4.69) is 47.5 Å². The fourth-order valence-electron chi connectivity index (χ4n) is 3.23. The van der Waals surface area contributed by atoms with Crippen LogP contribution in [-0.2, 0) is 0 Å². The number of hydrogen-bond donors (Lipinski definition) is 3. The second-order valence-corrected chi connectivity index (χ2v) is 7.95. The summed E-state index contributed by atoms with van der Waals surface area (Å²) < 4.78 is 0. The Morgan fingerprint density at radius 2 is 2.19 bits per heavy atom. The van der Waals surface area contributed by atoms with Gasteiger partial charge in [-0.1, -0.05) is 20.3 Å². The van der Waals surface area contributed by atoms with Crippen molar-refractivity contribution in [2.24, 2.45) is 11.3 Å². The topological polar surface area (TPSA) is 75.9 Å². The molecule has 0 aromatic carbocycles. The van der Waals surface area contributed by atoms with Crippen molar-refractivity contribution >= 4 is 33.3 Å². The quantitative estimate of drug-likeness (QED) is 0.596. The molecule has 2 aromatic heterocycles. The first-order valence-corrected chi connectivity index (χ1v) is 8.30. The van der Waals surface area contributed by atoms with Crippen molar-refractivity contribution in [3.8, 4) is 0 Å². The van der Waals surface area contributed by atoms with Crippen molar-refractivity contribution < 1.29 is 0 Å². The van der Waals surface area contributed by atoms with E-state index in [1.54, 1.807) is 11.3 Å². The molecule has 21 heavy (non-hydrogen) atoms. The van der Waals surface area contributed by atoms with Gasteiger partial charge in [-0.2, -0.15) is 4.98 Å². The zero-order valence-electron chi connectivity index (χ0n) is 12.9. The fraction of sp³-hybridized carbons (Fsp3) is 0.600. The zero-order valence-corrected chi connectivity index (χ0v) is 13.7. The molecular weight excluding hydrogens is 282 g/mol. The van der Waals surface area contributed by atoms with Crippen LogP contribution in [0.3, 0.4) is 0 Å². The molecule has 6 heteroatoms. The number of fused-ring (bicyclic) bond motifs is 1. The van der Waals surface area contributed by atoms with E-state index in [1.807, 2.05) is 0 Å². The van der Waals surface area contributed by atoms with E-state index in [-0.39, 0.29) is 0 Å². The number of aromatic nitrogens is 2. The first kappa shape index (κ1) is 14.5. The average Bonchev–Trinajstić information content (AvgIpc) is 2.78. The molecule has 1 atom stereocenters. The number of rotatable bonds is 3. The number of aryl methyl sites for hydroxylation is 1. The average molecular weight is 305 g/mol. The van der Waals surface area contributed by atoms with Crippen LogP contribution in [0, 0.1) is 12.3 Å². The largest absolute Gasteiger partial charge is 0.367 e. The Bertz CT molecular complexity index is 649. The van der Waals surface area contributed by atoms with Crippen LogP contribution in [-0.4, -0.2) is 16.0 Å². The minimum Gasteiger partial charge on any atom is -0.367 e. The van der Waals surface area contributed by atoms with Gasteiger partial charge in [-0.05, 0) is 37.7 Å². The smallest absolute Gasteiger partial charge is 0.240 e. The number of nitrogens with one attached hydrogen (secondary N) is 2. The number of nitrogens with two attached hydrogens (primary N) is 1. The molecule has 0 spiro atoms. The van der Waals surface area contributed by atoms with Gasteiger partial charge < -0.3 is 5.32 Å². The Balaban J connectivity index is 1.92. The van der Waals surface area contributed by atoms with Gasteiger partial charge in [0, 0.05) is 10.9 Å². The molecule has 2 heterocycles. The fourth-order valence-corrected chi connectivity index (χ4v) is 4.11. The molecule has 1 aliphatic carbocycles. The molecule has 114 valence electrons. The van der Waals surface area contributed by atoms with E-state index in [4.69, 9.17) is 5.84 Å². The van der Waals surface area contributed by atoms with Gasteiger partial charge >= 0.3 is 0 Å². The molecule has 2 aromatic rings. The summed E-state index contributed by atoms with van der Waals surface area (Å²) in [7, 11) is 0. The van der Waals surface area contributed by atoms with Crippen LogP contribution >= 0.6 is 11.3 Å². The molecule has 1 aliphatic rings. The standard InChI is InChI=1S/C15H23N5S/c1-9-7-11-12(18-14(20-16)19-13(11)21-9)17-10-5-4-6-15(2,3)8-10/h7,10H,4-6,8,16H2,1-3H3,(H2,17,18,19,20). The Hall–Kier alpha value is -1.40. The van der Waals surface area contributed by atoms with Crippen LogP contribution in [0.15, 0.2) is 6.07 Å². The molecule has 0 amide bonds. The predicted octanol–water partition coefficient (Wildman–Crippen LogP) is 3.67. The molecule has 0 bridgehead atoms. The monoisotopic (exact) mass is 305 g/mol. The number of thiophene rings is 1. The van der Waals surface area contributed by atoms with Crippen molar-refractivity contribution in [3.05, 3.63) is 10.9 Å². The second kappa shape index (κ2) is 5.42. The molecular formula is C15H23N5S. The van der Waals surface area contributed by atoms with Crippen LogP contribution in [0.5, 0.6) is 0 Å². The third-order valence-electron chi connectivity index (χ3n) is 4.19. The lowest BCUT2D eigenvalue weighted by Gasteiger charge is -2.35. The van der Waals surface area contributed by atoms with E-state index in [0.29, 0.717) is 17.4 Å². The molecule has 1 saturated carbocycles. The van der Waals surface area contributed by atoms with Crippen molar-refractivity contribution in [3.63, 3.8) is 0 Å². The van der Waals surface area contributed by atoms with E-state index in [9.17, 15) is 0 Å². The number of nitrogen functional groups attached to an aromatic ring is 1. The summed E-state index contributed by atoms with van der Waals surface area (Å²) in [6.07, 6.45) is 4.94. The second-order valence-electron chi connectivity index (χ2n) is 6.72. The minimum absolute atomic E-state index is 0.404.